The molecule has 14 heavy (non-hydrogen) atoms. The maximum absolute atomic E-state index is 10.7. The van der Waals surface area contributed by atoms with Crippen LogP contribution in [0, 0.1) is 5.92 Å². The van der Waals surface area contributed by atoms with Gasteiger partial charge in [-0.3, -0.25) is 10.1 Å². The minimum atomic E-state index is -0.208. The first-order chi connectivity index (χ1) is 6.63. The highest BCUT2D eigenvalue weighted by Gasteiger charge is 2.27. The van der Waals surface area contributed by atoms with Crippen molar-refractivity contribution >= 4 is 5.97 Å². The first-order valence-electron chi connectivity index (χ1n) is 5.11. The summed E-state index contributed by atoms with van der Waals surface area (Å²) in [4.78, 5) is 15.0. The third-order valence-electron chi connectivity index (χ3n) is 2.88. The molecule has 0 amide bonds. The lowest BCUT2D eigenvalue weighted by atomic mass is 9.84. The van der Waals surface area contributed by atoms with Crippen molar-refractivity contribution in [3.8, 4) is 0 Å². The smallest absolute Gasteiger partial charge is 0.302 e. The van der Waals surface area contributed by atoms with Gasteiger partial charge in [0, 0.05) is 6.92 Å². The molecule has 1 aliphatic rings. The standard InChI is InChI=1S/C10H18O4/c1-7(14-12)9-3-5-10(6-4-9)13-8(2)11/h7,9-10,12H,3-6H2,1-2H3. The summed E-state index contributed by atoms with van der Waals surface area (Å²) in [5.41, 5.74) is 0. The van der Waals surface area contributed by atoms with E-state index in [1.54, 1.807) is 0 Å². The molecule has 1 aliphatic carbocycles. The van der Waals surface area contributed by atoms with E-state index in [2.05, 4.69) is 4.89 Å². The van der Waals surface area contributed by atoms with Crippen molar-refractivity contribution in [1.29, 1.82) is 0 Å². The van der Waals surface area contributed by atoms with E-state index in [4.69, 9.17) is 9.99 Å². The van der Waals surface area contributed by atoms with Gasteiger partial charge in [-0.05, 0) is 38.5 Å². The van der Waals surface area contributed by atoms with Crippen LogP contribution >= 0.6 is 0 Å². The van der Waals surface area contributed by atoms with Gasteiger partial charge in [0.2, 0.25) is 0 Å². The zero-order valence-electron chi connectivity index (χ0n) is 8.73. The van der Waals surface area contributed by atoms with Crippen molar-refractivity contribution < 1.29 is 19.7 Å². The summed E-state index contributed by atoms with van der Waals surface area (Å²) in [6.45, 7) is 3.29. The van der Waals surface area contributed by atoms with Crippen LogP contribution in [0.2, 0.25) is 0 Å². The van der Waals surface area contributed by atoms with E-state index < -0.39 is 0 Å². The van der Waals surface area contributed by atoms with Gasteiger partial charge < -0.3 is 4.74 Å². The zero-order valence-corrected chi connectivity index (χ0v) is 8.73. The lowest BCUT2D eigenvalue weighted by molar-refractivity contribution is -0.287. The van der Waals surface area contributed by atoms with Crippen molar-refractivity contribution in [2.75, 3.05) is 0 Å². The molecule has 1 rings (SSSR count). The van der Waals surface area contributed by atoms with Crippen LogP contribution in [0.3, 0.4) is 0 Å². The van der Waals surface area contributed by atoms with Crippen LogP contribution in [0.4, 0.5) is 0 Å². The molecule has 0 aromatic rings. The molecule has 0 bridgehead atoms. The lowest BCUT2D eigenvalue weighted by Gasteiger charge is -2.30. The lowest BCUT2D eigenvalue weighted by Crippen LogP contribution is -2.29. The Morgan fingerprint density at radius 1 is 1.36 bits per heavy atom. The molecule has 0 radical (unpaired) electrons. The topological polar surface area (TPSA) is 55.8 Å². The molecule has 0 heterocycles. The van der Waals surface area contributed by atoms with Crippen molar-refractivity contribution in [1.82, 2.24) is 0 Å². The molecule has 82 valence electrons. The fraction of sp³-hybridized carbons (Fsp3) is 0.900. The minimum Gasteiger partial charge on any atom is -0.463 e. The van der Waals surface area contributed by atoms with Crippen molar-refractivity contribution in [2.24, 2.45) is 5.92 Å². The first-order valence-corrected chi connectivity index (χ1v) is 5.11. The Hall–Kier alpha value is -0.610. The minimum absolute atomic E-state index is 0.0645. The Balaban J connectivity index is 2.27. The SMILES string of the molecule is CC(=O)OC1CCC(C(C)OO)CC1. The number of hydrogen-bond acceptors (Lipinski definition) is 4. The van der Waals surface area contributed by atoms with Crippen molar-refractivity contribution in [3.63, 3.8) is 0 Å². The molecular formula is C10H18O4. The predicted octanol–water partition coefficient (Wildman–Crippen LogP) is 1.99. The highest BCUT2D eigenvalue weighted by atomic mass is 17.1. The van der Waals surface area contributed by atoms with E-state index in [1.807, 2.05) is 6.92 Å². The van der Waals surface area contributed by atoms with Gasteiger partial charge in [-0.2, -0.15) is 0 Å². The Bertz CT molecular complexity index is 185. The molecule has 4 heteroatoms. The number of hydrogen-bond donors (Lipinski definition) is 1. The van der Waals surface area contributed by atoms with E-state index in [0.717, 1.165) is 25.7 Å². The van der Waals surface area contributed by atoms with Gasteiger partial charge in [-0.15, -0.1) is 0 Å². The normalized spacial score (nSPS) is 29.6. The maximum Gasteiger partial charge on any atom is 0.302 e. The van der Waals surface area contributed by atoms with Crippen LogP contribution in [0.25, 0.3) is 0 Å². The Kier molecular flexibility index (Phi) is 4.35. The molecule has 0 aliphatic heterocycles. The number of esters is 1. The molecule has 1 fully saturated rings. The van der Waals surface area contributed by atoms with Crippen LogP contribution in [0.15, 0.2) is 0 Å². The fourth-order valence-electron chi connectivity index (χ4n) is 2.00. The number of rotatable bonds is 3. The second-order valence-electron chi connectivity index (χ2n) is 3.96. The molecule has 0 aromatic heterocycles. The summed E-state index contributed by atoms with van der Waals surface area (Å²) >= 11 is 0. The third kappa shape index (κ3) is 3.27. The quantitative estimate of drug-likeness (QED) is 0.432. The van der Waals surface area contributed by atoms with Gasteiger partial charge in [0.25, 0.3) is 0 Å². The van der Waals surface area contributed by atoms with E-state index >= 15 is 0 Å². The fourth-order valence-corrected chi connectivity index (χ4v) is 2.00. The number of carbonyl (C=O) groups excluding carboxylic acids is 1. The summed E-state index contributed by atoms with van der Waals surface area (Å²) in [5, 5.41) is 8.51. The molecule has 4 nitrogen and oxygen atoms in total. The Morgan fingerprint density at radius 2 is 1.93 bits per heavy atom. The number of carbonyl (C=O) groups is 1. The molecule has 0 spiro atoms. The van der Waals surface area contributed by atoms with Crippen LogP contribution in [0.1, 0.15) is 39.5 Å². The van der Waals surface area contributed by atoms with E-state index in [1.165, 1.54) is 6.92 Å². The van der Waals surface area contributed by atoms with E-state index in [9.17, 15) is 4.79 Å². The van der Waals surface area contributed by atoms with Crippen LogP contribution in [0.5, 0.6) is 0 Å². The van der Waals surface area contributed by atoms with E-state index in [0.29, 0.717) is 5.92 Å². The zero-order chi connectivity index (χ0) is 10.6. The van der Waals surface area contributed by atoms with Gasteiger partial charge >= 0.3 is 5.97 Å². The monoisotopic (exact) mass is 202 g/mol. The van der Waals surface area contributed by atoms with Crippen LogP contribution in [-0.2, 0) is 14.4 Å². The Morgan fingerprint density at radius 3 is 2.36 bits per heavy atom. The van der Waals surface area contributed by atoms with Crippen LogP contribution < -0.4 is 0 Å². The predicted molar refractivity (Wildman–Crippen MR) is 50.7 cm³/mol. The highest BCUT2D eigenvalue weighted by Crippen LogP contribution is 2.29. The average Bonchev–Trinajstić information content (AvgIpc) is 2.17. The highest BCUT2D eigenvalue weighted by molar-refractivity contribution is 5.66. The van der Waals surface area contributed by atoms with Crippen molar-refractivity contribution in [3.05, 3.63) is 0 Å². The summed E-state index contributed by atoms with van der Waals surface area (Å²) in [7, 11) is 0. The number of ether oxygens (including phenoxy) is 1. The molecule has 1 unspecified atom stereocenters. The van der Waals surface area contributed by atoms with Gasteiger partial charge in [0.1, 0.15) is 6.10 Å². The maximum atomic E-state index is 10.7. The second-order valence-corrected chi connectivity index (χ2v) is 3.96. The van der Waals surface area contributed by atoms with E-state index in [-0.39, 0.29) is 18.2 Å². The van der Waals surface area contributed by atoms with Crippen molar-refractivity contribution in [2.45, 2.75) is 51.7 Å². The Labute approximate surface area is 84.1 Å². The summed E-state index contributed by atoms with van der Waals surface area (Å²) in [6, 6.07) is 0. The summed E-state index contributed by atoms with van der Waals surface area (Å²) < 4.78 is 5.11. The molecular weight excluding hydrogens is 184 g/mol. The molecule has 0 saturated heterocycles. The average molecular weight is 202 g/mol. The largest absolute Gasteiger partial charge is 0.463 e. The van der Waals surface area contributed by atoms with Gasteiger partial charge in [0.05, 0.1) is 6.10 Å². The van der Waals surface area contributed by atoms with Crippen LogP contribution in [-0.4, -0.2) is 23.4 Å². The first kappa shape index (κ1) is 11.5. The molecule has 0 aromatic carbocycles. The molecule has 1 saturated carbocycles. The third-order valence-corrected chi connectivity index (χ3v) is 2.88. The second kappa shape index (κ2) is 5.32. The summed E-state index contributed by atoms with van der Waals surface area (Å²) in [5.74, 6) is 0.173. The molecule has 1 N–H and O–H groups in total. The molecule has 1 atom stereocenters. The van der Waals surface area contributed by atoms with Gasteiger partial charge in [-0.1, -0.05) is 0 Å². The summed E-state index contributed by atoms with van der Waals surface area (Å²) in [6.07, 6.45) is 3.58. The van der Waals surface area contributed by atoms with Gasteiger partial charge in [0.15, 0.2) is 0 Å². The van der Waals surface area contributed by atoms with Gasteiger partial charge in [-0.25, -0.2) is 4.89 Å².